The summed E-state index contributed by atoms with van der Waals surface area (Å²) in [6.07, 6.45) is 15.4. The number of allylic oxidation sites excluding steroid dienone is 7. The predicted octanol–water partition coefficient (Wildman–Crippen LogP) is 5.70. The van der Waals surface area contributed by atoms with Crippen molar-refractivity contribution in [3.05, 3.63) is 77.3 Å². The largest absolute Gasteiger partial charge is 0.464 e. The van der Waals surface area contributed by atoms with Crippen LogP contribution in [0.5, 0.6) is 0 Å². The second-order valence-corrected chi connectivity index (χ2v) is 6.40. The Kier molecular flexibility index (Phi) is 7.46. The van der Waals surface area contributed by atoms with Gasteiger partial charge in [0, 0.05) is 24.2 Å². The molecule has 0 aromatic carbocycles. The first-order chi connectivity index (χ1) is 12.6. The number of carbonyl (C=O) groups is 1. The van der Waals surface area contributed by atoms with Crippen LogP contribution in [0, 0.1) is 0 Å². The lowest BCUT2D eigenvalue weighted by atomic mass is 10.0. The van der Waals surface area contributed by atoms with E-state index in [-0.39, 0.29) is 5.91 Å². The third-order valence-corrected chi connectivity index (χ3v) is 4.52. The molecule has 0 atom stereocenters. The summed E-state index contributed by atoms with van der Waals surface area (Å²) in [7, 11) is 0. The van der Waals surface area contributed by atoms with Crippen molar-refractivity contribution >= 4 is 11.5 Å². The fourth-order valence-electron chi connectivity index (χ4n) is 3.01. The molecule has 138 valence electrons. The van der Waals surface area contributed by atoms with Gasteiger partial charge in [0.15, 0.2) is 0 Å². The van der Waals surface area contributed by atoms with E-state index in [0.717, 1.165) is 29.7 Å². The van der Waals surface area contributed by atoms with Crippen LogP contribution in [-0.2, 0) is 4.79 Å². The van der Waals surface area contributed by atoms with E-state index >= 15 is 0 Å². The van der Waals surface area contributed by atoms with Gasteiger partial charge in [0.25, 0.3) is 5.91 Å². The lowest BCUT2D eigenvalue weighted by Crippen LogP contribution is -2.33. The van der Waals surface area contributed by atoms with Crippen LogP contribution in [-0.4, -0.2) is 23.9 Å². The van der Waals surface area contributed by atoms with Crippen LogP contribution in [0.4, 0.5) is 0 Å². The molecule has 0 saturated carbocycles. The van der Waals surface area contributed by atoms with Gasteiger partial charge >= 0.3 is 0 Å². The molecule has 1 aromatic heterocycles. The van der Waals surface area contributed by atoms with Crippen LogP contribution < -0.4 is 0 Å². The molecule has 0 spiro atoms. The topological polar surface area (TPSA) is 33.5 Å². The van der Waals surface area contributed by atoms with Crippen LogP contribution in [0.1, 0.15) is 46.3 Å². The number of nitrogens with zero attached hydrogens (tertiary/aromatic N) is 1. The average Bonchev–Trinajstić information content (AvgIpc) is 3.10. The van der Waals surface area contributed by atoms with E-state index in [0.29, 0.717) is 13.1 Å². The van der Waals surface area contributed by atoms with Crippen LogP contribution in [0.25, 0.3) is 5.57 Å². The highest BCUT2D eigenvalue weighted by molar-refractivity contribution is 5.97. The van der Waals surface area contributed by atoms with Gasteiger partial charge in [0.2, 0.25) is 0 Å². The van der Waals surface area contributed by atoms with E-state index in [1.807, 2.05) is 61.3 Å². The summed E-state index contributed by atoms with van der Waals surface area (Å²) in [5.74, 6) is 0.936. The average molecular weight is 351 g/mol. The molecule has 26 heavy (non-hydrogen) atoms. The maximum Gasteiger partial charge on any atom is 0.253 e. The van der Waals surface area contributed by atoms with Crippen molar-refractivity contribution in [1.82, 2.24) is 4.90 Å². The van der Waals surface area contributed by atoms with E-state index < -0.39 is 0 Å². The van der Waals surface area contributed by atoms with Crippen LogP contribution >= 0.6 is 0 Å². The molecule has 1 heterocycles. The Bertz CT molecular complexity index is 758. The molecule has 2 rings (SSSR count). The highest BCUT2D eigenvalue weighted by Crippen LogP contribution is 2.29. The van der Waals surface area contributed by atoms with Crippen molar-refractivity contribution in [3.8, 4) is 0 Å². The van der Waals surface area contributed by atoms with Crippen molar-refractivity contribution in [2.75, 3.05) is 13.1 Å². The summed E-state index contributed by atoms with van der Waals surface area (Å²) in [5, 5.41) is 0. The van der Waals surface area contributed by atoms with Crippen molar-refractivity contribution in [3.63, 3.8) is 0 Å². The molecule has 0 saturated heterocycles. The normalized spacial score (nSPS) is 15.4. The van der Waals surface area contributed by atoms with Crippen molar-refractivity contribution in [2.45, 2.75) is 40.5 Å². The molecule has 0 radical (unpaired) electrons. The molecule has 3 heteroatoms. The maximum atomic E-state index is 13.0. The quantitative estimate of drug-likeness (QED) is 0.590. The van der Waals surface area contributed by atoms with E-state index in [4.69, 9.17) is 4.42 Å². The number of hydrogen-bond donors (Lipinski definition) is 0. The molecule has 1 aromatic rings. The molecule has 0 aliphatic heterocycles. The molecule has 0 N–H and O–H groups in total. The zero-order valence-corrected chi connectivity index (χ0v) is 16.3. The third kappa shape index (κ3) is 4.98. The highest BCUT2D eigenvalue weighted by atomic mass is 16.3. The minimum absolute atomic E-state index is 0.0770. The number of likely N-dealkylation sites (N-methyl/N-ethyl adjacent to an activating group) is 1. The van der Waals surface area contributed by atoms with Gasteiger partial charge in [-0.3, -0.25) is 4.79 Å². The van der Waals surface area contributed by atoms with E-state index in [1.54, 1.807) is 6.26 Å². The lowest BCUT2D eigenvalue weighted by Gasteiger charge is -2.21. The smallest absolute Gasteiger partial charge is 0.253 e. The molecule has 0 unspecified atom stereocenters. The summed E-state index contributed by atoms with van der Waals surface area (Å²) in [5.41, 5.74) is 4.29. The first kappa shape index (κ1) is 19.8. The molecule has 0 bridgehead atoms. The third-order valence-electron chi connectivity index (χ3n) is 4.52. The Morgan fingerprint density at radius 3 is 2.73 bits per heavy atom. The van der Waals surface area contributed by atoms with Gasteiger partial charge in [-0.05, 0) is 51.8 Å². The van der Waals surface area contributed by atoms with Crippen molar-refractivity contribution in [1.29, 1.82) is 0 Å². The number of amides is 1. The summed E-state index contributed by atoms with van der Waals surface area (Å²) in [6, 6.07) is 3.86. The second-order valence-electron chi connectivity index (χ2n) is 6.40. The summed E-state index contributed by atoms with van der Waals surface area (Å²) < 4.78 is 5.57. The van der Waals surface area contributed by atoms with Crippen molar-refractivity contribution in [2.24, 2.45) is 0 Å². The Labute approximate surface area is 157 Å². The zero-order chi connectivity index (χ0) is 18.9. The standard InChI is InChI=1S/C23H29NO2/c1-5-8-10-18(4)17-24(7-3)23(25)20-13-12-19(6-2)21(15-14-20)22-11-9-16-26-22/h5,8-11,13-16H,6-7,12,17H2,1-4H3. The number of carbonyl (C=O) groups excluding carboxylic acids is 1. The van der Waals surface area contributed by atoms with Crippen LogP contribution in [0.3, 0.4) is 0 Å². The molecular weight excluding hydrogens is 322 g/mol. The fraction of sp³-hybridized carbons (Fsp3) is 0.348. The number of furan rings is 1. The predicted molar refractivity (Wildman–Crippen MR) is 109 cm³/mol. The molecule has 1 amide bonds. The van der Waals surface area contributed by atoms with Crippen molar-refractivity contribution < 1.29 is 9.21 Å². The van der Waals surface area contributed by atoms with Gasteiger partial charge in [0.05, 0.1) is 6.26 Å². The number of hydrogen-bond acceptors (Lipinski definition) is 2. The van der Waals surface area contributed by atoms with Gasteiger partial charge in [-0.2, -0.15) is 0 Å². The molecule has 0 fully saturated rings. The summed E-state index contributed by atoms with van der Waals surface area (Å²) in [6.45, 7) is 9.53. The van der Waals surface area contributed by atoms with E-state index in [9.17, 15) is 4.79 Å². The maximum absolute atomic E-state index is 13.0. The Morgan fingerprint density at radius 2 is 2.12 bits per heavy atom. The zero-order valence-electron chi connectivity index (χ0n) is 16.3. The van der Waals surface area contributed by atoms with Gasteiger partial charge in [-0.25, -0.2) is 0 Å². The Balaban J connectivity index is 2.20. The lowest BCUT2D eigenvalue weighted by molar-refractivity contribution is -0.126. The second kappa shape index (κ2) is 9.81. The highest BCUT2D eigenvalue weighted by Gasteiger charge is 2.18. The van der Waals surface area contributed by atoms with E-state index in [2.05, 4.69) is 19.9 Å². The summed E-state index contributed by atoms with van der Waals surface area (Å²) in [4.78, 5) is 14.9. The minimum atomic E-state index is 0.0770. The molecule has 1 aliphatic carbocycles. The molecular formula is C23H29NO2. The SMILES string of the molecule is CC=CC=C(C)CN(CC)C(=O)C1=CCC(CC)=C(c2ccco2)C=C1. The Morgan fingerprint density at radius 1 is 1.31 bits per heavy atom. The Hall–Kier alpha value is -2.55. The first-order valence-corrected chi connectivity index (χ1v) is 9.32. The summed E-state index contributed by atoms with van der Waals surface area (Å²) >= 11 is 0. The van der Waals surface area contributed by atoms with Gasteiger partial charge in [-0.1, -0.05) is 48.5 Å². The van der Waals surface area contributed by atoms with Crippen LogP contribution in [0.15, 0.2) is 76.0 Å². The molecule has 3 nitrogen and oxygen atoms in total. The number of rotatable bonds is 7. The fourth-order valence-corrected chi connectivity index (χ4v) is 3.01. The van der Waals surface area contributed by atoms with Crippen LogP contribution in [0.2, 0.25) is 0 Å². The van der Waals surface area contributed by atoms with Gasteiger partial charge in [-0.15, -0.1) is 0 Å². The monoisotopic (exact) mass is 351 g/mol. The van der Waals surface area contributed by atoms with E-state index in [1.165, 1.54) is 11.1 Å². The minimum Gasteiger partial charge on any atom is -0.464 e. The van der Waals surface area contributed by atoms with Gasteiger partial charge < -0.3 is 9.32 Å². The first-order valence-electron chi connectivity index (χ1n) is 9.32. The van der Waals surface area contributed by atoms with Gasteiger partial charge in [0.1, 0.15) is 5.76 Å². The molecule has 1 aliphatic rings.